The molecule has 560 valence electrons. The summed E-state index contributed by atoms with van der Waals surface area (Å²) in [7, 11) is 0. The van der Waals surface area contributed by atoms with Crippen LogP contribution in [-0.2, 0) is 85.5 Å². The summed E-state index contributed by atoms with van der Waals surface area (Å²) in [4.78, 5) is 55.8. The molecule has 8 N–H and O–H groups in total. The predicted molar refractivity (Wildman–Crippen MR) is 351 cm³/mol. The number of rotatable bonds is 28. The van der Waals surface area contributed by atoms with Crippen LogP contribution in [0.1, 0.15) is 215 Å². The first-order chi connectivity index (χ1) is 47.1. The van der Waals surface area contributed by atoms with Gasteiger partial charge in [0.15, 0.2) is 55.9 Å². The second-order valence-corrected chi connectivity index (χ2v) is 27.5. The van der Waals surface area contributed by atoms with Crippen LogP contribution in [0, 0.1) is 5.92 Å². The minimum absolute atomic E-state index is 0.0529. The van der Waals surface area contributed by atoms with Gasteiger partial charge in [0.1, 0.15) is 73.2 Å². The van der Waals surface area contributed by atoms with Crippen molar-refractivity contribution in [1.29, 1.82) is 0 Å². The van der Waals surface area contributed by atoms with Gasteiger partial charge in [-0.1, -0.05) is 167 Å². The van der Waals surface area contributed by atoms with Crippen LogP contribution in [0.25, 0.3) is 6.08 Å². The summed E-state index contributed by atoms with van der Waals surface area (Å²) in [6, 6.07) is 8.85. The zero-order valence-electron chi connectivity index (χ0n) is 58.7. The van der Waals surface area contributed by atoms with E-state index in [1.807, 2.05) is 0 Å². The highest BCUT2D eigenvalue weighted by molar-refractivity contribution is 5.87. The third-order valence-electron chi connectivity index (χ3n) is 19.6. The van der Waals surface area contributed by atoms with E-state index in [2.05, 4.69) is 13.8 Å². The lowest BCUT2D eigenvalue weighted by molar-refractivity contribution is -0.400. The number of carbonyl (C=O) groups is 4. The molecule has 27 atom stereocenters. The standard InChI is InChI=1S/C72H116O26/c1-9-12-14-15-16-17-20-23-31-37-50(75)93-66-65(98-68-56(81)54(79)53(78)48(40-73)90-68)61(96-69-58(83)62(60(44(7)86-69)94-67(84)41(4)11-3)91-51(76)39-38-46-32-27-25-28-33-46)45(8)88-72(66)95-59-43(6)87-71-64(57(59)82)92-49(74)36-30-24-21-18-19-22-29-35-47(34-26-13-10-2)89-70-63(97-71)55(80)52(77)42(5)85-70/h25,27-28,32-33,38-39,41-45,47-48,52-66,68-73,77-83H,9-24,26,29-31,34-37,40H2,1-8H3/t41-,42-,43+,44+,45+,47+,48-,52+,53-,54+,55+,56-,57-,58-,59+,60+,61+,62+,63-,64-,65-,66-,68+,69+,70+,71+,72+/m1/s1. The van der Waals surface area contributed by atoms with Gasteiger partial charge in [0.25, 0.3) is 0 Å². The number of unbranched alkanes of at least 4 members (excludes halogenated alkanes) is 10. The van der Waals surface area contributed by atoms with Crippen LogP contribution < -0.4 is 0 Å². The molecule has 26 nitrogen and oxygen atoms in total. The molecule has 0 aromatic heterocycles. The minimum Gasteiger partial charge on any atom is -0.455 e. The van der Waals surface area contributed by atoms with Crippen molar-refractivity contribution in [3.8, 4) is 0 Å². The summed E-state index contributed by atoms with van der Waals surface area (Å²) in [5, 5.41) is 92.6. The summed E-state index contributed by atoms with van der Waals surface area (Å²) < 4.78 is 89.4. The molecule has 6 saturated heterocycles. The third-order valence-corrected chi connectivity index (χ3v) is 19.6. The molecule has 0 radical (unpaired) electrons. The molecule has 6 aliphatic rings. The third kappa shape index (κ3) is 23.3. The van der Waals surface area contributed by atoms with Gasteiger partial charge in [-0.3, -0.25) is 14.4 Å². The number of hydrogen-bond donors (Lipinski definition) is 8. The fourth-order valence-electron chi connectivity index (χ4n) is 13.4. The number of ether oxygens (including phenoxy) is 14. The summed E-state index contributed by atoms with van der Waals surface area (Å²) in [6.45, 7) is 12.9. The topological polar surface area (TPSA) is 359 Å². The number of aliphatic hydroxyl groups is 8. The van der Waals surface area contributed by atoms with E-state index >= 15 is 0 Å². The largest absolute Gasteiger partial charge is 0.455 e. The highest BCUT2D eigenvalue weighted by Gasteiger charge is 2.59. The van der Waals surface area contributed by atoms with E-state index in [9.17, 15) is 60.0 Å². The Morgan fingerprint density at radius 2 is 1.10 bits per heavy atom. The van der Waals surface area contributed by atoms with Gasteiger partial charge < -0.3 is 107 Å². The molecule has 98 heavy (non-hydrogen) atoms. The van der Waals surface area contributed by atoms with E-state index in [1.54, 1.807) is 51.1 Å². The smallest absolute Gasteiger partial charge is 0.331 e. The maximum absolute atomic E-state index is 14.6. The van der Waals surface area contributed by atoms with Gasteiger partial charge >= 0.3 is 23.9 Å². The van der Waals surface area contributed by atoms with Crippen molar-refractivity contribution in [3.05, 3.63) is 42.0 Å². The number of carbonyl (C=O) groups excluding carboxylic acids is 4. The molecule has 0 unspecified atom stereocenters. The van der Waals surface area contributed by atoms with Crippen LogP contribution in [0.3, 0.4) is 0 Å². The van der Waals surface area contributed by atoms with Gasteiger partial charge in [-0.15, -0.1) is 0 Å². The summed E-state index contributed by atoms with van der Waals surface area (Å²) >= 11 is 0. The number of fused-ring (bicyclic) bond motifs is 2. The highest BCUT2D eigenvalue weighted by Crippen LogP contribution is 2.40. The fourth-order valence-corrected chi connectivity index (χ4v) is 13.4. The first kappa shape index (κ1) is 81.4. The lowest BCUT2D eigenvalue weighted by atomic mass is 9.95. The molecule has 6 heterocycles. The Morgan fingerprint density at radius 3 is 1.79 bits per heavy atom. The number of aliphatic hydroxyl groups excluding tert-OH is 8. The monoisotopic (exact) mass is 1400 g/mol. The molecule has 0 aliphatic carbocycles. The van der Waals surface area contributed by atoms with E-state index in [1.165, 1.54) is 26.8 Å². The summed E-state index contributed by atoms with van der Waals surface area (Å²) in [5.41, 5.74) is 0.653. The molecular weight excluding hydrogens is 1280 g/mol. The lowest BCUT2D eigenvalue weighted by Gasteiger charge is -2.51. The second-order valence-electron chi connectivity index (χ2n) is 27.5. The molecule has 6 fully saturated rings. The predicted octanol–water partition coefficient (Wildman–Crippen LogP) is 6.57. The van der Waals surface area contributed by atoms with Crippen molar-refractivity contribution in [2.24, 2.45) is 5.92 Å². The van der Waals surface area contributed by atoms with Crippen LogP contribution in [0.15, 0.2) is 36.4 Å². The Kier molecular flexibility index (Phi) is 34.4. The average molecular weight is 1400 g/mol. The van der Waals surface area contributed by atoms with Crippen molar-refractivity contribution in [1.82, 2.24) is 0 Å². The Morgan fingerprint density at radius 1 is 0.520 bits per heavy atom. The Balaban J connectivity index is 1.25. The molecule has 0 bridgehead atoms. The molecule has 1 aromatic carbocycles. The zero-order chi connectivity index (χ0) is 71.0. The number of benzene rings is 1. The van der Waals surface area contributed by atoms with E-state index < -0.39 is 190 Å². The Labute approximate surface area is 577 Å². The number of hydrogen-bond acceptors (Lipinski definition) is 26. The van der Waals surface area contributed by atoms with Gasteiger partial charge in [-0.2, -0.15) is 0 Å². The van der Waals surface area contributed by atoms with Crippen molar-refractivity contribution < 1.29 is 126 Å². The van der Waals surface area contributed by atoms with E-state index in [4.69, 9.17) is 66.3 Å². The lowest BCUT2D eigenvalue weighted by Crippen LogP contribution is -2.68. The van der Waals surface area contributed by atoms with Gasteiger partial charge in [0, 0.05) is 18.9 Å². The van der Waals surface area contributed by atoms with Crippen LogP contribution in [-0.4, -0.2) is 231 Å². The maximum atomic E-state index is 14.6. The van der Waals surface area contributed by atoms with E-state index in [0.29, 0.717) is 44.1 Å². The summed E-state index contributed by atoms with van der Waals surface area (Å²) in [5.74, 6) is -3.73. The van der Waals surface area contributed by atoms with Crippen molar-refractivity contribution in [2.75, 3.05) is 6.61 Å². The van der Waals surface area contributed by atoms with E-state index in [-0.39, 0.29) is 18.9 Å². The van der Waals surface area contributed by atoms with Gasteiger partial charge in [-0.25, -0.2) is 4.79 Å². The molecule has 0 saturated carbocycles. The Bertz CT molecular complexity index is 2510. The molecule has 7 rings (SSSR count). The molecular formula is C72H116O26. The van der Waals surface area contributed by atoms with Crippen molar-refractivity contribution in [2.45, 2.75) is 369 Å². The average Bonchev–Trinajstić information content (AvgIpc) is 0.765. The molecule has 6 aliphatic heterocycles. The Hall–Kier alpha value is -3.88. The maximum Gasteiger partial charge on any atom is 0.331 e. The second kappa shape index (κ2) is 41.4. The van der Waals surface area contributed by atoms with Crippen molar-refractivity contribution >= 4 is 30.0 Å². The van der Waals surface area contributed by atoms with Crippen LogP contribution in [0.2, 0.25) is 0 Å². The van der Waals surface area contributed by atoms with Gasteiger partial charge in [0.05, 0.1) is 43.0 Å². The van der Waals surface area contributed by atoms with E-state index in [0.717, 1.165) is 109 Å². The number of esters is 4. The first-order valence-electron chi connectivity index (χ1n) is 36.5. The van der Waals surface area contributed by atoms with Crippen LogP contribution >= 0.6 is 0 Å². The van der Waals surface area contributed by atoms with Crippen LogP contribution in [0.4, 0.5) is 0 Å². The first-order valence-corrected chi connectivity index (χ1v) is 36.5. The quantitative estimate of drug-likeness (QED) is 0.0190. The minimum atomic E-state index is -2.05. The molecule has 0 spiro atoms. The summed E-state index contributed by atoms with van der Waals surface area (Å²) in [6.07, 6.45) is -19.7. The van der Waals surface area contributed by atoms with Gasteiger partial charge in [-0.05, 0) is 71.4 Å². The van der Waals surface area contributed by atoms with Crippen molar-refractivity contribution in [3.63, 3.8) is 0 Å². The molecule has 1 aromatic rings. The van der Waals surface area contributed by atoms with Gasteiger partial charge in [0.2, 0.25) is 0 Å². The highest BCUT2D eigenvalue weighted by atomic mass is 16.8. The van der Waals surface area contributed by atoms with Crippen LogP contribution in [0.5, 0.6) is 0 Å². The fraction of sp³-hybridized carbons (Fsp3) is 0.833. The molecule has 26 heteroatoms. The normalized spacial score (nSPS) is 38.3. The SMILES string of the molecule is CCCCCCCCCCCC(=O)O[C@H]1[C@H](O[C@@H]2[C@@H](O)[C@H]3OC(=O)CCCCCCCCC[C@H](CCCCC)O[C@@H]4O[C@H](C)[C@H](O)[C@H](O)[C@H]4O[C@@H]3O[C@H]2C)O[C@@H](C)[C@H](O[C@@H]2O[C@@H](C)[C@H](OC(=O)[C@H](C)CC)[C@@H](OC(=O)C=Cc3ccccc3)[C@H]2O)[C@H]1O[C@@H]1O[C@H](CO)[C@@H](O)[C@H](O)[C@H]1O. The molecule has 0 amide bonds. The zero-order valence-corrected chi connectivity index (χ0v) is 58.7.